The van der Waals surface area contributed by atoms with Crippen molar-refractivity contribution in [3.8, 4) is 11.5 Å². The predicted octanol–water partition coefficient (Wildman–Crippen LogP) is 7.43. The van der Waals surface area contributed by atoms with Crippen LogP contribution in [0.15, 0.2) is 110 Å². The average molecular weight is 575 g/mol. The lowest BCUT2D eigenvalue weighted by Crippen LogP contribution is -2.28. The fourth-order valence-electron chi connectivity index (χ4n) is 3.75. The van der Waals surface area contributed by atoms with E-state index in [0.29, 0.717) is 40.5 Å². The van der Waals surface area contributed by atoms with Crippen LogP contribution in [-0.2, 0) is 17.9 Å². The molecule has 4 aromatic rings. The third-order valence-electron chi connectivity index (χ3n) is 5.54. The van der Waals surface area contributed by atoms with Gasteiger partial charge >= 0.3 is 0 Å². The van der Waals surface area contributed by atoms with Gasteiger partial charge in [0.25, 0.3) is 5.91 Å². The molecule has 1 amide bonds. The van der Waals surface area contributed by atoms with Crippen LogP contribution in [0.2, 0.25) is 0 Å². The number of thioether (sulfide) groups is 1. The van der Waals surface area contributed by atoms with Crippen LogP contribution in [0.3, 0.4) is 0 Å². The second-order valence-corrected chi connectivity index (χ2v) is 9.98. The summed E-state index contributed by atoms with van der Waals surface area (Å²) in [7, 11) is 1.60. The minimum atomic E-state index is -0.143. The molecule has 5 rings (SSSR count). The Kier molecular flexibility index (Phi) is 7.77. The number of carbonyl (C=O) groups is 1. The van der Waals surface area contributed by atoms with Crippen LogP contribution >= 0.6 is 27.7 Å². The first kappa shape index (κ1) is 24.9. The van der Waals surface area contributed by atoms with Crippen molar-refractivity contribution in [3.63, 3.8) is 0 Å². The Morgan fingerprint density at radius 1 is 1.03 bits per heavy atom. The monoisotopic (exact) mass is 574 g/mol. The van der Waals surface area contributed by atoms with Crippen LogP contribution in [0.25, 0.3) is 6.08 Å². The van der Waals surface area contributed by atoms with Gasteiger partial charge < -0.3 is 13.9 Å². The minimum Gasteiger partial charge on any atom is -0.493 e. The van der Waals surface area contributed by atoms with Gasteiger partial charge in [0.2, 0.25) is 0 Å². The number of methoxy groups -OCH3 is 1. The highest BCUT2D eigenvalue weighted by molar-refractivity contribution is 9.10. The molecule has 0 unspecified atom stereocenters. The van der Waals surface area contributed by atoms with Gasteiger partial charge in [-0.15, -0.1) is 0 Å². The minimum absolute atomic E-state index is 0.143. The van der Waals surface area contributed by atoms with E-state index < -0.39 is 0 Å². The van der Waals surface area contributed by atoms with Crippen LogP contribution in [-0.4, -0.2) is 23.1 Å². The summed E-state index contributed by atoms with van der Waals surface area (Å²) in [5.74, 6) is 1.71. The Hall–Kier alpha value is -3.75. The van der Waals surface area contributed by atoms with Crippen LogP contribution < -0.4 is 9.47 Å². The summed E-state index contributed by atoms with van der Waals surface area (Å²) >= 11 is 4.94. The zero-order valence-corrected chi connectivity index (χ0v) is 22.4. The van der Waals surface area contributed by atoms with Crippen molar-refractivity contribution in [2.75, 3.05) is 7.11 Å². The molecule has 0 atom stereocenters. The number of aliphatic imine (C=N–C) groups is 1. The molecule has 1 saturated heterocycles. The Morgan fingerprint density at radius 3 is 2.49 bits per heavy atom. The number of hydrogen-bond donors (Lipinski definition) is 0. The van der Waals surface area contributed by atoms with E-state index in [4.69, 9.17) is 18.9 Å². The number of halogens is 1. The number of rotatable bonds is 8. The third-order valence-corrected chi connectivity index (χ3v) is 7.13. The van der Waals surface area contributed by atoms with Gasteiger partial charge in [0.1, 0.15) is 12.4 Å². The number of furan rings is 1. The van der Waals surface area contributed by atoms with Gasteiger partial charge in [-0.25, -0.2) is 4.99 Å². The molecule has 1 aliphatic heterocycles. The first-order chi connectivity index (χ1) is 18.1. The molecule has 1 aliphatic rings. The summed E-state index contributed by atoms with van der Waals surface area (Å²) in [6.45, 7) is 0.701. The standard InChI is InChI=1S/C29H23BrN2O4S/c1-34-25-16-21(15-24(30)27(25)36-19-20-9-4-2-5-10-20)17-26-28(33)32(18-23-13-8-14-35-23)29(37-26)31-22-11-6-3-7-12-22/h2-17H,18-19H2,1H3/b26-17-,31-29?. The number of amides is 1. The number of amidine groups is 1. The summed E-state index contributed by atoms with van der Waals surface area (Å²) in [6.07, 6.45) is 3.43. The van der Waals surface area contributed by atoms with Crippen molar-refractivity contribution in [3.05, 3.63) is 117 Å². The fourth-order valence-corrected chi connectivity index (χ4v) is 5.32. The molecular formula is C29H23BrN2O4S. The van der Waals surface area contributed by atoms with E-state index >= 15 is 0 Å². The zero-order chi connectivity index (χ0) is 25.6. The lowest BCUT2D eigenvalue weighted by molar-refractivity contribution is -0.122. The Bertz CT molecular complexity index is 1440. The van der Waals surface area contributed by atoms with E-state index in [1.165, 1.54) is 11.8 Å². The van der Waals surface area contributed by atoms with Gasteiger partial charge in [0, 0.05) is 0 Å². The summed E-state index contributed by atoms with van der Waals surface area (Å²) in [5.41, 5.74) is 2.62. The van der Waals surface area contributed by atoms with Gasteiger partial charge in [0.05, 0.1) is 35.0 Å². The van der Waals surface area contributed by atoms with E-state index in [9.17, 15) is 4.79 Å². The summed E-state index contributed by atoms with van der Waals surface area (Å²) < 4.78 is 17.9. The first-order valence-electron chi connectivity index (χ1n) is 11.5. The Morgan fingerprint density at radius 2 is 1.78 bits per heavy atom. The largest absolute Gasteiger partial charge is 0.493 e. The molecule has 0 bridgehead atoms. The number of ether oxygens (including phenoxy) is 2. The SMILES string of the molecule is COc1cc(/C=C2\SC(=Nc3ccccc3)N(Cc3ccco3)C2=O)cc(Br)c1OCc1ccccc1. The smallest absolute Gasteiger partial charge is 0.267 e. The van der Waals surface area contributed by atoms with Crippen LogP contribution in [0.1, 0.15) is 16.9 Å². The molecule has 0 aliphatic carbocycles. The number of hydrogen-bond acceptors (Lipinski definition) is 6. The topological polar surface area (TPSA) is 64.3 Å². The van der Waals surface area contributed by atoms with Crippen molar-refractivity contribution in [1.82, 2.24) is 4.90 Å². The van der Waals surface area contributed by atoms with E-state index in [-0.39, 0.29) is 5.91 Å². The van der Waals surface area contributed by atoms with Crippen molar-refractivity contribution >= 4 is 50.5 Å². The molecule has 1 aromatic heterocycles. The highest BCUT2D eigenvalue weighted by Crippen LogP contribution is 2.40. The van der Waals surface area contributed by atoms with Gasteiger partial charge in [-0.2, -0.15) is 0 Å². The molecule has 1 fully saturated rings. The number of carbonyl (C=O) groups excluding carboxylic acids is 1. The molecule has 6 nitrogen and oxygen atoms in total. The van der Waals surface area contributed by atoms with Crippen molar-refractivity contribution in [1.29, 1.82) is 0 Å². The molecule has 2 heterocycles. The van der Waals surface area contributed by atoms with Crippen molar-refractivity contribution < 1.29 is 18.7 Å². The average Bonchev–Trinajstić information content (AvgIpc) is 3.53. The summed E-state index contributed by atoms with van der Waals surface area (Å²) in [6, 6.07) is 26.9. The predicted molar refractivity (Wildman–Crippen MR) is 150 cm³/mol. The van der Waals surface area contributed by atoms with Gasteiger partial charge in [-0.05, 0) is 81.3 Å². The maximum Gasteiger partial charge on any atom is 0.267 e. The highest BCUT2D eigenvalue weighted by atomic mass is 79.9. The number of para-hydroxylation sites is 1. The molecule has 37 heavy (non-hydrogen) atoms. The van der Waals surface area contributed by atoms with Gasteiger partial charge in [0.15, 0.2) is 16.7 Å². The van der Waals surface area contributed by atoms with E-state index in [1.54, 1.807) is 24.3 Å². The molecule has 0 saturated carbocycles. The number of nitrogens with zero attached hydrogens (tertiary/aromatic N) is 2. The Balaban J connectivity index is 1.43. The molecule has 0 spiro atoms. The van der Waals surface area contributed by atoms with Crippen LogP contribution in [0.5, 0.6) is 11.5 Å². The molecule has 3 aromatic carbocycles. The van der Waals surface area contributed by atoms with Crippen molar-refractivity contribution in [2.45, 2.75) is 13.2 Å². The lowest BCUT2D eigenvalue weighted by atomic mass is 10.1. The summed E-state index contributed by atoms with van der Waals surface area (Å²) in [5, 5.41) is 0.590. The molecule has 0 N–H and O–H groups in total. The van der Waals surface area contributed by atoms with Crippen LogP contribution in [0, 0.1) is 0 Å². The summed E-state index contributed by atoms with van der Waals surface area (Å²) in [4.78, 5) is 20.4. The maximum absolute atomic E-state index is 13.4. The molecule has 0 radical (unpaired) electrons. The van der Waals surface area contributed by atoms with Gasteiger partial charge in [-0.3, -0.25) is 9.69 Å². The second kappa shape index (κ2) is 11.5. The second-order valence-electron chi connectivity index (χ2n) is 8.12. The molecule has 186 valence electrons. The van der Waals surface area contributed by atoms with E-state index in [0.717, 1.165) is 21.3 Å². The maximum atomic E-state index is 13.4. The fraction of sp³-hybridized carbons (Fsp3) is 0.103. The highest BCUT2D eigenvalue weighted by Gasteiger charge is 2.34. The quantitative estimate of drug-likeness (QED) is 0.205. The van der Waals surface area contributed by atoms with E-state index in [2.05, 4.69) is 15.9 Å². The van der Waals surface area contributed by atoms with E-state index in [1.807, 2.05) is 84.9 Å². The van der Waals surface area contributed by atoms with Crippen LogP contribution in [0.4, 0.5) is 5.69 Å². The first-order valence-corrected chi connectivity index (χ1v) is 13.1. The normalized spacial score (nSPS) is 15.5. The lowest BCUT2D eigenvalue weighted by Gasteiger charge is -2.14. The molecule has 8 heteroatoms. The number of benzene rings is 3. The van der Waals surface area contributed by atoms with Crippen molar-refractivity contribution in [2.24, 2.45) is 4.99 Å². The van der Waals surface area contributed by atoms with Gasteiger partial charge in [-0.1, -0.05) is 48.5 Å². The third kappa shape index (κ3) is 5.98. The molecular weight excluding hydrogens is 552 g/mol. The Labute approximate surface area is 227 Å². The zero-order valence-electron chi connectivity index (χ0n) is 20.0.